The van der Waals surface area contributed by atoms with Crippen molar-refractivity contribution < 1.29 is 4.79 Å². The average molecular weight is 230 g/mol. The van der Waals surface area contributed by atoms with Crippen molar-refractivity contribution in [3.05, 3.63) is 35.4 Å². The molecule has 1 N–H and O–H groups in total. The Morgan fingerprint density at radius 2 is 2.29 bits per heavy atom. The van der Waals surface area contributed by atoms with E-state index >= 15 is 0 Å². The van der Waals surface area contributed by atoms with Crippen molar-refractivity contribution in [2.75, 3.05) is 0 Å². The Morgan fingerprint density at radius 1 is 1.53 bits per heavy atom. The highest BCUT2D eigenvalue weighted by Crippen LogP contribution is 2.07. The molecule has 90 valence electrons. The smallest absolute Gasteiger partial charge is 0.220 e. The lowest BCUT2D eigenvalue weighted by atomic mass is 10.0. The number of carbonyl (C=O) groups excluding carboxylic acids is 1. The molecule has 0 saturated heterocycles. The van der Waals surface area contributed by atoms with Crippen LogP contribution in [0.4, 0.5) is 0 Å². The first-order valence-corrected chi connectivity index (χ1v) is 5.91. The highest BCUT2D eigenvalue weighted by Gasteiger charge is 2.06. The van der Waals surface area contributed by atoms with Crippen LogP contribution in [0.2, 0.25) is 0 Å². The Morgan fingerprint density at radius 3 is 2.94 bits per heavy atom. The van der Waals surface area contributed by atoms with E-state index in [0.29, 0.717) is 24.4 Å². The van der Waals surface area contributed by atoms with Crippen LogP contribution in [0.5, 0.6) is 0 Å². The highest BCUT2D eigenvalue weighted by molar-refractivity contribution is 5.76. The van der Waals surface area contributed by atoms with Crippen LogP contribution < -0.4 is 5.32 Å². The summed E-state index contributed by atoms with van der Waals surface area (Å²) in [6.07, 6.45) is 1.58. The SMILES string of the molecule is CCC(C)CC(=O)NCc1cccc(C#N)c1. The quantitative estimate of drug-likeness (QED) is 0.845. The van der Waals surface area contributed by atoms with Crippen LogP contribution in [0.3, 0.4) is 0 Å². The van der Waals surface area contributed by atoms with Gasteiger partial charge in [-0.2, -0.15) is 5.26 Å². The molecule has 1 rings (SSSR count). The molecule has 0 aromatic heterocycles. The minimum atomic E-state index is 0.0710. The van der Waals surface area contributed by atoms with Crippen LogP contribution in [0.25, 0.3) is 0 Å². The predicted molar refractivity (Wildman–Crippen MR) is 67.1 cm³/mol. The molecule has 0 spiro atoms. The topological polar surface area (TPSA) is 52.9 Å². The largest absolute Gasteiger partial charge is 0.352 e. The fourth-order valence-corrected chi connectivity index (χ4v) is 1.48. The Labute approximate surface area is 102 Å². The lowest BCUT2D eigenvalue weighted by Crippen LogP contribution is -2.24. The second-order valence-corrected chi connectivity index (χ2v) is 4.31. The minimum absolute atomic E-state index is 0.0710. The summed E-state index contributed by atoms with van der Waals surface area (Å²) in [4.78, 5) is 11.6. The Bertz CT molecular complexity index is 420. The van der Waals surface area contributed by atoms with Crippen LogP contribution in [0.1, 0.15) is 37.8 Å². The van der Waals surface area contributed by atoms with Gasteiger partial charge in [-0.15, -0.1) is 0 Å². The maximum Gasteiger partial charge on any atom is 0.220 e. The van der Waals surface area contributed by atoms with Gasteiger partial charge in [-0.05, 0) is 23.6 Å². The second-order valence-electron chi connectivity index (χ2n) is 4.31. The van der Waals surface area contributed by atoms with Gasteiger partial charge >= 0.3 is 0 Å². The second kappa shape index (κ2) is 6.70. The molecule has 0 radical (unpaired) electrons. The summed E-state index contributed by atoms with van der Waals surface area (Å²) in [5.74, 6) is 0.488. The van der Waals surface area contributed by atoms with Gasteiger partial charge in [-0.25, -0.2) is 0 Å². The third-order valence-electron chi connectivity index (χ3n) is 2.78. The number of hydrogen-bond acceptors (Lipinski definition) is 2. The lowest BCUT2D eigenvalue weighted by molar-refractivity contribution is -0.122. The van der Waals surface area contributed by atoms with Gasteiger partial charge in [-0.1, -0.05) is 32.4 Å². The molecule has 0 aliphatic heterocycles. The zero-order valence-corrected chi connectivity index (χ0v) is 10.4. The Hall–Kier alpha value is -1.82. The average Bonchev–Trinajstić information content (AvgIpc) is 2.36. The summed E-state index contributed by atoms with van der Waals surface area (Å²) >= 11 is 0. The van der Waals surface area contributed by atoms with Crippen molar-refractivity contribution in [2.24, 2.45) is 5.92 Å². The molecule has 1 aromatic carbocycles. The van der Waals surface area contributed by atoms with Crippen LogP contribution in [-0.4, -0.2) is 5.91 Å². The number of hydrogen-bond donors (Lipinski definition) is 1. The molecule has 0 aliphatic rings. The number of nitriles is 1. The molecule has 0 saturated carbocycles. The Kier molecular flexibility index (Phi) is 5.22. The standard InChI is InChI=1S/C14H18N2O/c1-3-11(2)7-14(17)16-10-13-6-4-5-12(8-13)9-15/h4-6,8,11H,3,7,10H2,1-2H3,(H,16,17). The summed E-state index contributed by atoms with van der Waals surface area (Å²) < 4.78 is 0. The number of nitrogens with zero attached hydrogens (tertiary/aromatic N) is 1. The van der Waals surface area contributed by atoms with Gasteiger partial charge < -0.3 is 5.32 Å². The van der Waals surface area contributed by atoms with Crippen molar-refractivity contribution in [3.8, 4) is 6.07 Å². The minimum Gasteiger partial charge on any atom is -0.352 e. The van der Waals surface area contributed by atoms with Gasteiger partial charge in [0.2, 0.25) is 5.91 Å². The van der Waals surface area contributed by atoms with Crippen molar-refractivity contribution in [3.63, 3.8) is 0 Å². The van der Waals surface area contributed by atoms with Crippen molar-refractivity contribution >= 4 is 5.91 Å². The number of benzene rings is 1. The number of amides is 1. The molecular formula is C14H18N2O. The van der Waals surface area contributed by atoms with Gasteiger partial charge in [-0.3, -0.25) is 4.79 Å². The van der Waals surface area contributed by atoms with E-state index in [-0.39, 0.29) is 5.91 Å². The van der Waals surface area contributed by atoms with Gasteiger partial charge in [0.25, 0.3) is 0 Å². The summed E-state index contributed by atoms with van der Waals surface area (Å²) in [7, 11) is 0. The molecule has 0 aliphatic carbocycles. The van der Waals surface area contributed by atoms with Crippen LogP contribution in [-0.2, 0) is 11.3 Å². The van der Waals surface area contributed by atoms with E-state index in [0.717, 1.165) is 12.0 Å². The predicted octanol–water partition coefficient (Wildman–Crippen LogP) is 2.61. The molecule has 1 aromatic rings. The molecular weight excluding hydrogens is 212 g/mol. The summed E-state index contributed by atoms with van der Waals surface area (Å²) in [6.45, 7) is 4.63. The van der Waals surface area contributed by atoms with Crippen molar-refractivity contribution in [1.29, 1.82) is 5.26 Å². The number of nitrogens with one attached hydrogen (secondary N) is 1. The molecule has 3 heteroatoms. The first kappa shape index (κ1) is 13.2. The maximum atomic E-state index is 11.6. The van der Waals surface area contributed by atoms with Crippen LogP contribution in [0.15, 0.2) is 24.3 Å². The molecule has 0 heterocycles. The van der Waals surface area contributed by atoms with Gasteiger partial charge in [0, 0.05) is 13.0 Å². The molecule has 1 atom stereocenters. The molecule has 1 amide bonds. The van der Waals surface area contributed by atoms with Gasteiger partial charge in [0.15, 0.2) is 0 Å². The lowest BCUT2D eigenvalue weighted by Gasteiger charge is -2.09. The summed E-state index contributed by atoms with van der Waals surface area (Å²) in [5.41, 5.74) is 1.58. The van der Waals surface area contributed by atoms with E-state index < -0.39 is 0 Å². The van der Waals surface area contributed by atoms with E-state index in [2.05, 4.69) is 25.2 Å². The molecule has 0 bridgehead atoms. The van der Waals surface area contributed by atoms with E-state index in [4.69, 9.17) is 5.26 Å². The third-order valence-corrected chi connectivity index (χ3v) is 2.78. The van der Waals surface area contributed by atoms with E-state index in [1.165, 1.54) is 0 Å². The third kappa shape index (κ3) is 4.69. The summed E-state index contributed by atoms with van der Waals surface area (Å²) in [5, 5.41) is 11.6. The molecule has 1 unspecified atom stereocenters. The first-order chi connectivity index (χ1) is 8.15. The van der Waals surface area contributed by atoms with E-state index in [1.54, 1.807) is 12.1 Å². The first-order valence-electron chi connectivity index (χ1n) is 5.91. The fourth-order valence-electron chi connectivity index (χ4n) is 1.48. The monoisotopic (exact) mass is 230 g/mol. The normalized spacial score (nSPS) is 11.6. The maximum absolute atomic E-state index is 11.6. The van der Waals surface area contributed by atoms with Crippen molar-refractivity contribution in [2.45, 2.75) is 33.2 Å². The zero-order chi connectivity index (χ0) is 12.7. The van der Waals surface area contributed by atoms with E-state index in [1.807, 2.05) is 12.1 Å². The molecule has 3 nitrogen and oxygen atoms in total. The Balaban J connectivity index is 2.45. The van der Waals surface area contributed by atoms with Crippen molar-refractivity contribution in [1.82, 2.24) is 5.32 Å². The van der Waals surface area contributed by atoms with Gasteiger partial charge in [0.1, 0.15) is 0 Å². The fraction of sp³-hybridized carbons (Fsp3) is 0.429. The van der Waals surface area contributed by atoms with Crippen LogP contribution >= 0.6 is 0 Å². The highest BCUT2D eigenvalue weighted by atomic mass is 16.1. The van der Waals surface area contributed by atoms with Gasteiger partial charge in [0.05, 0.1) is 11.6 Å². The molecule has 17 heavy (non-hydrogen) atoms. The van der Waals surface area contributed by atoms with E-state index in [9.17, 15) is 4.79 Å². The number of rotatable bonds is 5. The summed E-state index contributed by atoms with van der Waals surface area (Å²) in [6, 6.07) is 9.37. The van der Waals surface area contributed by atoms with Crippen LogP contribution in [0, 0.1) is 17.2 Å². The molecule has 0 fully saturated rings. The zero-order valence-electron chi connectivity index (χ0n) is 10.4. The number of carbonyl (C=O) groups is 1.